The smallest absolute Gasteiger partial charge is 0.264 e. The van der Waals surface area contributed by atoms with Gasteiger partial charge in [-0.05, 0) is 55.3 Å². The number of halogens is 1. The number of carbonyl (C=O) groups excluding carboxylic acids is 2. The number of benzene rings is 3. The first-order chi connectivity index (χ1) is 18.7. The van der Waals surface area contributed by atoms with Crippen LogP contribution in [0.3, 0.4) is 0 Å². The second-order valence-corrected chi connectivity index (χ2v) is 11.7. The van der Waals surface area contributed by atoms with Gasteiger partial charge in [-0.15, -0.1) is 0 Å². The highest BCUT2D eigenvalue weighted by molar-refractivity contribution is 9.10. The number of anilines is 1. The van der Waals surface area contributed by atoms with Gasteiger partial charge in [0.1, 0.15) is 18.3 Å². The topological polar surface area (TPSA) is 96.0 Å². The molecule has 0 fully saturated rings. The Labute approximate surface area is 239 Å². The van der Waals surface area contributed by atoms with E-state index in [0.29, 0.717) is 12.3 Å². The predicted octanol–water partition coefficient (Wildman–Crippen LogP) is 4.99. The van der Waals surface area contributed by atoms with Gasteiger partial charge in [0.25, 0.3) is 10.0 Å². The molecule has 0 aliphatic carbocycles. The fraction of sp³-hybridized carbons (Fsp3) is 0.310. The van der Waals surface area contributed by atoms with Crippen molar-refractivity contribution in [2.75, 3.05) is 24.5 Å². The monoisotopic (exact) mass is 615 g/mol. The van der Waals surface area contributed by atoms with Gasteiger partial charge in [-0.2, -0.15) is 0 Å². The molecule has 1 atom stereocenters. The molecule has 0 aliphatic rings. The van der Waals surface area contributed by atoms with Crippen LogP contribution in [-0.2, 0) is 26.2 Å². The molecule has 0 spiro atoms. The SMILES string of the molecule is CCCCNC(=O)[C@H](C)N(Cc1cccc(Br)c1)C(=O)CN(c1ccccc1OC)S(=O)(=O)c1ccccc1. The largest absolute Gasteiger partial charge is 0.495 e. The van der Waals surface area contributed by atoms with E-state index < -0.39 is 28.5 Å². The van der Waals surface area contributed by atoms with Crippen LogP contribution in [0, 0.1) is 0 Å². The summed E-state index contributed by atoms with van der Waals surface area (Å²) >= 11 is 3.45. The Morgan fingerprint density at radius 2 is 1.69 bits per heavy atom. The zero-order chi connectivity index (χ0) is 28.4. The Morgan fingerprint density at radius 3 is 2.36 bits per heavy atom. The van der Waals surface area contributed by atoms with Gasteiger partial charge in [-0.25, -0.2) is 8.42 Å². The van der Waals surface area contributed by atoms with Crippen LogP contribution in [-0.4, -0.2) is 51.4 Å². The first-order valence-corrected chi connectivity index (χ1v) is 14.9. The van der Waals surface area contributed by atoms with Crippen molar-refractivity contribution < 1.29 is 22.7 Å². The van der Waals surface area contributed by atoms with Gasteiger partial charge in [0, 0.05) is 17.6 Å². The van der Waals surface area contributed by atoms with Crippen molar-refractivity contribution in [3.8, 4) is 5.75 Å². The van der Waals surface area contributed by atoms with Crippen LogP contribution < -0.4 is 14.4 Å². The summed E-state index contributed by atoms with van der Waals surface area (Å²) in [6.07, 6.45) is 1.73. The molecule has 0 saturated carbocycles. The molecule has 8 nitrogen and oxygen atoms in total. The lowest BCUT2D eigenvalue weighted by Gasteiger charge is -2.32. The van der Waals surface area contributed by atoms with E-state index in [-0.39, 0.29) is 23.0 Å². The standard InChI is InChI=1S/C29H34BrN3O5S/c1-4-5-18-31-29(35)22(2)32(20-23-12-11-13-24(30)19-23)28(34)21-33(26-16-9-10-17-27(26)38-3)39(36,37)25-14-7-6-8-15-25/h6-17,19,22H,4-5,18,20-21H2,1-3H3,(H,31,35)/t22-/m0/s1. The van der Waals surface area contributed by atoms with Crippen LogP contribution >= 0.6 is 15.9 Å². The highest BCUT2D eigenvalue weighted by Gasteiger charge is 2.33. The number of rotatable bonds is 13. The van der Waals surface area contributed by atoms with Gasteiger partial charge in [-0.1, -0.05) is 71.7 Å². The van der Waals surface area contributed by atoms with E-state index in [1.807, 2.05) is 31.2 Å². The number of nitrogens with zero attached hydrogens (tertiary/aromatic N) is 2. The molecule has 39 heavy (non-hydrogen) atoms. The van der Waals surface area contributed by atoms with Gasteiger partial charge in [-0.3, -0.25) is 13.9 Å². The van der Waals surface area contributed by atoms with E-state index in [1.165, 1.54) is 24.1 Å². The van der Waals surface area contributed by atoms with Crippen molar-refractivity contribution in [1.82, 2.24) is 10.2 Å². The molecule has 3 aromatic carbocycles. The first-order valence-electron chi connectivity index (χ1n) is 12.7. The molecule has 0 aliphatic heterocycles. The number of amides is 2. The quantitative estimate of drug-likeness (QED) is 0.273. The summed E-state index contributed by atoms with van der Waals surface area (Å²) in [6, 6.07) is 21.1. The Balaban J connectivity index is 2.02. The molecule has 0 aromatic heterocycles. The van der Waals surface area contributed by atoms with Gasteiger partial charge in [0.15, 0.2) is 0 Å². The second kappa shape index (κ2) is 14.1. The Hall–Kier alpha value is -3.37. The molecule has 0 unspecified atom stereocenters. The number of hydrogen-bond donors (Lipinski definition) is 1. The second-order valence-electron chi connectivity index (χ2n) is 8.97. The van der Waals surface area contributed by atoms with E-state index in [4.69, 9.17) is 4.74 Å². The number of methoxy groups -OCH3 is 1. The molecule has 10 heteroatoms. The summed E-state index contributed by atoms with van der Waals surface area (Å²) in [5.41, 5.74) is 1.01. The van der Waals surface area contributed by atoms with Crippen molar-refractivity contribution in [1.29, 1.82) is 0 Å². The third-order valence-electron chi connectivity index (χ3n) is 6.20. The number of ether oxygens (including phenoxy) is 1. The maximum absolute atomic E-state index is 14.0. The van der Waals surface area contributed by atoms with Crippen LogP contribution in [0.15, 0.2) is 88.2 Å². The molecular weight excluding hydrogens is 582 g/mol. The number of para-hydroxylation sites is 2. The summed E-state index contributed by atoms with van der Waals surface area (Å²) in [4.78, 5) is 28.4. The molecule has 0 bridgehead atoms. The lowest BCUT2D eigenvalue weighted by atomic mass is 10.1. The normalized spacial score (nSPS) is 11.9. The summed E-state index contributed by atoms with van der Waals surface area (Å²) in [5.74, 6) is -0.534. The average Bonchev–Trinajstić information content (AvgIpc) is 2.94. The molecule has 3 rings (SSSR count). The van der Waals surface area contributed by atoms with Crippen LogP contribution in [0.5, 0.6) is 5.75 Å². The highest BCUT2D eigenvalue weighted by Crippen LogP contribution is 2.32. The first kappa shape index (κ1) is 30.2. The molecule has 3 aromatic rings. The number of sulfonamides is 1. The van der Waals surface area contributed by atoms with Crippen LogP contribution in [0.4, 0.5) is 5.69 Å². The van der Waals surface area contributed by atoms with Crippen molar-refractivity contribution in [3.63, 3.8) is 0 Å². The predicted molar refractivity (Wildman–Crippen MR) is 156 cm³/mol. The van der Waals surface area contributed by atoms with Crippen LogP contribution in [0.25, 0.3) is 0 Å². The highest BCUT2D eigenvalue weighted by atomic mass is 79.9. The van der Waals surface area contributed by atoms with Gasteiger partial charge >= 0.3 is 0 Å². The minimum atomic E-state index is -4.16. The van der Waals surface area contributed by atoms with Gasteiger partial charge in [0.2, 0.25) is 11.8 Å². The van der Waals surface area contributed by atoms with Crippen molar-refractivity contribution in [3.05, 3.63) is 88.9 Å². The van der Waals surface area contributed by atoms with E-state index in [1.54, 1.807) is 49.4 Å². The minimum absolute atomic E-state index is 0.0348. The van der Waals surface area contributed by atoms with E-state index in [0.717, 1.165) is 27.2 Å². The Kier molecular flexibility index (Phi) is 10.9. The van der Waals surface area contributed by atoms with Gasteiger partial charge < -0.3 is 15.0 Å². The van der Waals surface area contributed by atoms with E-state index in [9.17, 15) is 18.0 Å². The number of hydrogen-bond acceptors (Lipinski definition) is 5. The zero-order valence-corrected chi connectivity index (χ0v) is 24.7. The molecule has 208 valence electrons. The van der Waals surface area contributed by atoms with Crippen molar-refractivity contribution in [2.45, 2.75) is 44.2 Å². The van der Waals surface area contributed by atoms with E-state index >= 15 is 0 Å². The summed E-state index contributed by atoms with van der Waals surface area (Å²) in [6.45, 7) is 3.76. The third-order valence-corrected chi connectivity index (χ3v) is 8.47. The fourth-order valence-electron chi connectivity index (χ4n) is 4.02. The summed E-state index contributed by atoms with van der Waals surface area (Å²) in [5, 5.41) is 2.88. The average molecular weight is 617 g/mol. The number of carbonyl (C=O) groups is 2. The molecular formula is C29H34BrN3O5S. The van der Waals surface area contributed by atoms with E-state index in [2.05, 4.69) is 21.2 Å². The molecule has 1 N–H and O–H groups in total. The van der Waals surface area contributed by atoms with Crippen molar-refractivity contribution >= 4 is 43.5 Å². The van der Waals surface area contributed by atoms with Crippen molar-refractivity contribution in [2.24, 2.45) is 0 Å². The van der Waals surface area contributed by atoms with Crippen LogP contribution in [0.1, 0.15) is 32.3 Å². The molecule has 0 heterocycles. The summed E-state index contributed by atoms with van der Waals surface area (Å²) < 4.78 is 35.0. The number of unbranched alkanes of at least 4 members (excludes halogenated alkanes) is 1. The lowest BCUT2D eigenvalue weighted by molar-refractivity contribution is -0.139. The fourth-order valence-corrected chi connectivity index (χ4v) is 5.91. The maximum Gasteiger partial charge on any atom is 0.264 e. The third kappa shape index (κ3) is 7.83. The number of nitrogens with one attached hydrogen (secondary N) is 1. The molecule has 2 amide bonds. The lowest BCUT2D eigenvalue weighted by Crippen LogP contribution is -2.51. The van der Waals surface area contributed by atoms with Crippen LogP contribution in [0.2, 0.25) is 0 Å². The van der Waals surface area contributed by atoms with Gasteiger partial charge in [0.05, 0.1) is 17.7 Å². The summed E-state index contributed by atoms with van der Waals surface area (Å²) in [7, 11) is -2.72. The zero-order valence-electron chi connectivity index (χ0n) is 22.3. The maximum atomic E-state index is 14.0. The Morgan fingerprint density at radius 1 is 1.00 bits per heavy atom. The molecule has 0 radical (unpaired) electrons. The minimum Gasteiger partial charge on any atom is -0.495 e. The molecule has 0 saturated heterocycles. The Bertz CT molecular complexity index is 1370.